The van der Waals surface area contributed by atoms with Crippen LogP contribution in [0.5, 0.6) is 0 Å². The van der Waals surface area contributed by atoms with Crippen molar-refractivity contribution >= 4 is 17.0 Å². The molecule has 0 saturated heterocycles. The summed E-state index contributed by atoms with van der Waals surface area (Å²) >= 11 is 0. The number of pyridine rings is 1. The summed E-state index contributed by atoms with van der Waals surface area (Å²) in [5, 5.41) is 0. The summed E-state index contributed by atoms with van der Waals surface area (Å²) in [6, 6.07) is 7.44. The zero-order valence-corrected chi connectivity index (χ0v) is 13.7. The van der Waals surface area contributed by atoms with Crippen molar-refractivity contribution in [3.63, 3.8) is 0 Å². The number of rotatable bonds is 3. The van der Waals surface area contributed by atoms with Crippen LogP contribution >= 0.6 is 0 Å². The lowest BCUT2D eigenvalue weighted by Gasteiger charge is -2.13. The first-order chi connectivity index (χ1) is 10.4. The molecule has 0 aliphatic carbocycles. The molecule has 0 aliphatic rings. The van der Waals surface area contributed by atoms with Crippen LogP contribution < -0.4 is 0 Å². The van der Waals surface area contributed by atoms with Gasteiger partial charge in [-0.3, -0.25) is 9.98 Å². The summed E-state index contributed by atoms with van der Waals surface area (Å²) in [5.74, 6) is -0.294. The van der Waals surface area contributed by atoms with E-state index in [0.29, 0.717) is 5.69 Å². The fraction of sp³-hybridized carbons (Fsp3) is 0.263. The highest BCUT2D eigenvalue weighted by atomic mass is 19.1. The number of hydrogen-bond donors (Lipinski definition) is 0. The summed E-state index contributed by atoms with van der Waals surface area (Å²) in [4.78, 5) is 8.60. The Morgan fingerprint density at radius 3 is 2.50 bits per heavy atom. The second-order valence-electron chi connectivity index (χ2n) is 5.52. The SMILES string of the molecule is C/C=C(/c1cc(C)c(N=C(C)C)c(F)c1)c1cccnc1C. The van der Waals surface area contributed by atoms with Gasteiger partial charge in [0.25, 0.3) is 0 Å². The zero-order chi connectivity index (χ0) is 16.3. The van der Waals surface area contributed by atoms with Crippen LogP contribution in [0.15, 0.2) is 41.5 Å². The number of aliphatic imine (C=N–C) groups is 1. The van der Waals surface area contributed by atoms with Crippen molar-refractivity contribution in [1.82, 2.24) is 4.98 Å². The molecule has 1 aromatic heterocycles. The maximum Gasteiger partial charge on any atom is 0.149 e. The maximum absolute atomic E-state index is 14.4. The third-order valence-electron chi connectivity index (χ3n) is 3.49. The van der Waals surface area contributed by atoms with Crippen LogP contribution in [0.2, 0.25) is 0 Å². The Labute approximate surface area is 131 Å². The number of aryl methyl sites for hydroxylation is 2. The van der Waals surface area contributed by atoms with E-state index >= 15 is 0 Å². The van der Waals surface area contributed by atoms with Gasteiger partial charge < -0.3 is 0 Å². The van der Waals surface area contributed by atoms with Crippen molar-refractivity contribution in [3.8, 4) is 0 Å². The molecule has 0 atom stereocenters. The Bertz CT molecular complexity index is 731. The molecule has 0 saturated carbocycles. The van der Waals surface area contributed by atoms with Gasteiger partial charge in [0.2, 0.25) is 0 Å². The van der Waals surface area contributed by atoms with Gasteiger partial charge in [0, 0.05) is 23.2 Å². The molecule has 1 aromatic carbocycles. The number of hydrogen-bond acceptors (Lipinski definition) is 2. The lowest BCUT2D eigenvalue weighted by atomic mass is 9.95. The molecule has 1 heterocycles. The van der Waals surface area contributed by atoms with Crippen molar-refractivity contribution in [2.45, 2.75) is 34.6 Å². The van der Waals surface area contributed by atoms with Crippen molar-refractivity contribution in [2.24, 2.45) is 4.99 Å². The van der Waals surface area contributed by atoms with Crippen LogP contribution in [0.4, 0.5) is 10.1 Å². The predicted molar refractivity (Wildman–Crippen MR) is 91.3 cm³/mol. The van der Waals surface area contributed by atoms with Crippen LogP contribution in [0.3, 0.4) is 0 Å². The summed E-state index contributed by atoms with van der Waals surface area (Å²) in [7, 11) is 0. The average Bonchev–Trinajstić information content (AvgIpc) is 2.45. The topological polar surface area (TPSA) is 25.2 Å². The Morgan fingerprint density at radius 1 is 1.23 bits per heavy atom. The van der Waals surface area contributed by atoms with Crippen LogP contribution in [0.1, 0.15) is 43.2 Å². The van der Waals surface area contributed by atoms with Gasteiger partial charge in [-0.25, -0.2) is 4.39 Å². The molecule has 0 N–H and O–H groups in total. The highest BCUT2D eigenvalue weighted by Gasteiger charge is 2.13. The lowest BCUT2D eigenvalue weighted by molar-refractivity contribution is 0.628. The number of nitrogens with zero attached hydrogens (tertiary/aromatic N) is 2. The van der Waals surface area contributed by atoms with E-state index < -0.39 is 0 Å². The molecule has 3 heteroatoms. The molecule has 0 spiro atoms. The van der Waals surface area contributed by atoms with Crippen molar-refractivity contribution in [2.75, 3.05) is 0 Å². The second kappa shape index (κ2) is 6.65. The van der Waals surface area contributed by atoms with E-state index in [-0.39, 0.29) is 5.82 Å². The van der Waals surface area contributed by atoms with E-state index in [1.54, 1.807) is 12.3 Å². The molecule has 2 nitrogen and oxygen atoms in total. The Hall–Kier alpha value is -2.29. The first-order valence-corrected chi connectivity index (χ1v) is 7.34. The number of aromatic nitrogens is 1. The van der Waals surface area contributed by atoms with Crippen molar-refractivity contribution in [1.29, 1.82) is 0 Å². The van der Waals surface area contributed by atoms with E-state index in [4.69, 9.17) is 0 Å². The van der Waals surface area contributed by atoms with Gasteiger partial charge in [0.05, 0.1) is 0 Å². The van der Waals surface area contributed by atoms with Crippen molar-refractivity contribution in [3.05, 3.63) is 64.7 Å². The van der Waals surface area contributed by atoms with Gasteiger partial charge >= 0.3 is 0 Å². The third-order valence-corrected chi connectivity index (χ3v) is 3.49. The normalized spacial score (nSPS) is 11.5. The van der Waals surface area contributed by atoms with Crippen LogP contribution in [-0.4, -0.2) is 10.7 Å². The molecule has 2 aromatic rings. The number of benzene rings is 1. The molecule has 0 amide bonds. The Balaban J connectivity index is 2.58. The largest absolute Gasteiger partial charge is 0.261 e. The van der Waals surface area contributed by atoms with Crippen LogP contribution in [0, 0.1) is 19.7 Å². The minimum Gasteiger partial charge on any atom is -0.261 e. The average molecular weight is 296 g/mol. The minimum atomic E-state index is -0.294. The molecule has 22 heavy (non-hydrogen) atoms. The molecule has 0 fully saturated rings. The smallest absolute Gasteiger partial charge is 0.149 e. The van der Waals surface area contributed by atoms with Gasteiger partial charge in [0.15, 0.2) is 0 Å². The third kappa shape index (κ3) is 3.30. The monoisotopic (exact) mass is 296 g/mol. The van der Waals surface area contributed by atoms with E-state index in [9.17, 15) is 4.39 Å². The molecule has 0 radical (unpaired) electrons. The van der Waals surface area contributed by atoms with E-state index in [0.717, 1.165) is 33.7 Å². The fourth-order valence-electron chi connectivity index (χ4n) is 2.50. The fourth-order valence-corrected chi connectivity index (χ4v) is 2.50. The number of allylic oxidation sites excluding steroid dienone is 1. The van der Waals surface area contributed by atoms with Gasteiger partial charge in [-0.2, -0.15) is 0 Å². The maximum atomic E-state index is 14.4. The number of halogens is 1. The van der Waals surface area contributed by atoms with Gasteiger partial charge in [0.1, 0.15) is 11.5 Å². The molecule has 0 bridgehead atoms. The van der Waals surface area contributed by atoms with Crippen molar-refractivity contribution < 1.29 is 4.39 Å². The van der Waals surface area contributed by atoms with E-state index in [1.165, 1.54) is 0 Å². The molecular formula is C19H21FN2. The molecule has 114 valence electrons. The molecule has 0 unspecified atom stereocenters. The molecule has 0 aliphatic heterocycles. The summed E-state index contributed by atoms with van der Waals surface area (Å²) in [5.41, 5.74) is 5.87. The van der Waals surface area contributed by atoms with Gasteiger partial charge in [-0.05, 0) is 69.5 Å². The van der Waals surface area contributed by atoms with Crippen LogP contribution in [-0.2, 0) is 0 Å². The summed E-state index contributed by atoms with van der Waals surface area (Å²) in [6.07, 6.45) is 3.76. The quantitative estimate of drug-likeness (QED) is 0.696. The standard InChI is InChI=1S/C19H21FN2/c1-6-16(17-8-7-9-21-14(17)5)15-10-13(4)19(18(20)11-15)22-12(2)3/h6-11H,1-5H3/b16-6-. The van der Waals surface area contributed by atoms with Crippen LogP contribution in [0.25, 0.3) is 5.57 Å². The molecule has 2 rings (SSSR count). The van der Waals surface area contributed by atoms with Gasteiger partial charge in [-0.1, -0.05) is 12.1 Å². The van der Waals surface area contributed by atoms with Gasteiger partial charge in [-0.15, -0.1) is 0 Å². The zero-order valence-electron chi connectivity index (χ0n) is 13.7. The predicted octanol–water partition coefficient (Wildman–Crippen LogP) is 5.40. The summed E-state index contributed by atoms with van der Waals surface area (Å²) in [6.45, 7) is 9.53. The highest BCUT2D eigenvalue weighted by Crippen LogP contribution is 2.31. The second-order valence-corrected chi connectivity index (χ2v) is 5.52. The molecular weight excluding hydrogens is 275 g/mol. The summed E-state index contributed by atoms with van der Waals surface area (Å²) < 4.78 is 14.4. The minimum absolute atomic E-state index is 0.294. The Kier molecular flexibility index (Phi) is 4.86. The first-order valence-electron chi connectivity index (χ1n) is 7.34. The van der Waals surface area contributed by atoms with E-state index in [2.05, 4.69) is 9.98 Å². The Morgan fingerprint density at radius 2 is 1.95 bits per heavy atom. The van der Waals surface area contributed by atoms with E-state index in [1.807, 2.05) is 58.9 Å². The first kappa shape index (κ1) is 16.1. The lowest BCUT2D eigenvalue weighted by Crippen LogP contribution is -1.96. The highest BCUT2D eigenvalue weighted by molar-refractivity contribution is 5.84.